The lowest BCUT2D eigenvalue weighted by Crippen LogP contribution is -2.31. The van der Waals surface area contributed by atoms with Crippen molar-refractivity contribution >= 4 is 17.5 Å². The van der Waals surface area contributed by atoms with Gasteiger partial charge in [0.05, 0.1) is 6.10 Å². The topological polar surface area (TPSA) is 29.5 Å². The Morgan fingerprint density at radius 3 is 3.00 bits per heavy atom. The molecule has 1 aromatic rings. The lowest BCUT2D eigenvalue weighted by atomic mass is 10.1. The molecule has 1 aliphatic heterocycles. The second kappa shape index (κ2) is 8.40. The standard InChI is InChI=1S/C17H24ClNO2/c1-19(11-10-16-7-2-3-12-21-16)17(20)9-8-14-5-4-6-15(18)13-14/h4-6,13,16H,2-3,7-12H2,1H3. The van der Waals surface area contributed by atoms with Gasteiger partial charge in [0.2, 0.25) is 5.91 Å². The molecule has 2 rings (SSSR count). The van der Waals surface area contributed by atoms with Crippen molar-refractivity contribution in [2.24, 2.45) is 0 Å². The molecule has 0 aromatic heterocycles. The minimum atomic E-state index is 0.186. The van der Waals surface area contributed by atoms with Gasteiger partial charge in [-0.1, -0.05) is 23.7 Å². The molecule has 1 unspecified atom stereocenters. The zero-order chi connectivity index (χ0) is 15.1. The van der Waals surface area contributed by atoms with Gasteiger partial charge in [-0.2, -0.15) is 0 Å². The van der Waals surface area contributed by atoms with Crippen molar-refractivity contribution in [2.45, 2.75) is 44.6 Å². The number of carbonyl (C=O) groups is 1. The summed E-state index contributed by atoms with van der Waals surface area (Å²) in [6.07, 6.45) is 6.10. The highest BCUT2D eigenvalue weighted by Gasteiger charge is 2.16. The normalized spacial score (nSPS) is 18.5. The number of carbonyl (C=O) groups excluding carboxylic acids is 1. The van der Waals surface area contributed by atoms with E-state index in [9.17, 15) is 4.79 Å². The van der Waals surface area contributed by atoms with Crippen LogP contribution in [-0.4, -0.2) is 37.1 Å². The Morgan fingerprint density at radius 2 is 2.29 bits per heavy atom. The predicted molar refractivity (Wildman–Crippen MR) is 85.6 cm³/mol. The fraction of sp³-hybridized carbons (Fsp3) is 0.588. The van der Waals surface area contributed by atoms with Crippen LogP contribution in [0.1, 0.15) is 37.7 Å². The second-order valence-electron chi connectivity index (χ2n) is 5.72. The Kier molecular flexibility index (Phi) is 6.52. The first-order chi connectivity index (χ1) is 10.1. The number of halogens is 1. The highest BCUT2D eigenvalue weighted by atomic mass is 35.5. The van der Waals surface area contributed by atoms with E-state index < -0.39 is 0 Å². The van der Waals surface area contributed by atoms with Gasteiger partial charge in [-0.05, 0) is 49.8 Å². The first kappa shape index (κ1) is 16.3. The van der Waals surface area contributed by atoms with Gasteiger partial charge in [0.1, 0.15) is 0 Å². The molecular formula is C17H24ClNO2. The maximum atomic E-state index is 12.1. The number of amides is 1. The SMILES string of the molecule is CN(CCC1CCCCO1)C(=O)CCc1cccc(Cl)c1. The van der Waals surface area contributed by atoms with E-state index in [1.165, 1.54) is 12.8 Å². The maximum absolute atomic E-state index is 12.1. The van der Waals surface area contributed by atoms with Crippen LogP contribution in [0.25, 0.3) is 0 Å². The summed E-state index contributed by atoms with van der Waals surface area (Å²) >= 11 is 5.95. The molecule has 0 bridgehead atoms. The summed E-state index contributed by atoms with van der Waals surface area (Å²) in [5.41, 5.74) is 1.11. The van der Waals surface area contributed by atoms with Crippen LogP contribution in [0.3, 0.4) is 0 Å². The van der Waals surface area contributed by atoms with Gasteiger partial charge >= 0.3 is 0 Å². The predicted octanol–water partition coefficient (Wildman–Crippen LogP) is 3.69. The molecule has 0 spiro atoms. The van der Waals surface area contributed by atoms with Gasteiger partial charge in [-0.25, -0.2) is 0 Å². The summed E-state index contributed by atoms with van der Waals surface area (Å²) in [7, 11) is 1.88. The molecule has 0 saturated carbocycles. The van der Waals surface area contributed by atoms with Gasteiger partial charge < -0.3 is 9.64 Å². The zero-order valence-electron chi connectivity index (χ0n) is 12.7. The van der Waals surface area contributed by atoms with Crippen molar-refractivity contribution in [3.05, 3.63) is 34.9 Å². The maximum Gasteiger partial charge on any atom is 0.222 e. The van der Waals surface area contributed by atoms with E-state index >= 15 is 0 Å². The van der Waals surface area contributed by atoms with Crippen molar-refractivity contribution in [2.75, 3.05) is 20.2 Å². The molecule has 0 aliphatic carbocycles. The van der Waals surface area contributed by atoms with Crippen LogP contribution in [0, 0.1) is 0 Å². The van der Waals surface area contributed by atoms with Gasteiger partial charge in [0.25, 0.3) is 0 Å². The highest BCUT2D eigenvalue weighted by molar-refractivity contribution is 6.30. The fourth-order valence-corrected chi connectivity index (χ4v) is 2.84. The summed E-state index contributed by atoms with van der Waals surface area (Å²) < 4.78 is 5.70. The van der Waals surface area contributed by atoms with E-state index in [2.05, 4.69) is 0 Å². The first-order valence-corrected chi connectivity index (χ1v) is 8.13. The van der Waals surface area contributed by atoms with Crippen LogP contribution in [-0.2, 0) is 16.0 Å². The number of hydrogen-bond donors (Lipinski definition) is 0. The Labute approximate surface area is 132 Å². The number of ether oxygens (including phenoxy) is 1. The van der Waals surface area contributed by atoms with Gasteiger partial charge in [-0.15, -0.1) is 0 Å². The molecule has 1 amide bonds. The van der Waals surface area contributed by atoms with Gasteiger partial charge in [0.15, 0.2) is 0 Å². The minimum Gasteiger partial charge on any atom is -0.378 e. The summed E-state index contributed by atoms with van der Waals surface area (Å²) in [6.45, 7) is 1.65. The number of nitrogens with zero attached hydrogens (tertiary/aromatic N) is 1. The molecule has 1 heterocycles. The number of rotatable bonds is 6. The Bertz CT molecular complexity index is 458. The first-order valence-electron chi connectivity index (χ1n) is 7.75. The summed E-state index contributed by atoms with van der Waals surface area (Å²) in [6, 6.07) is 7.70. The molecule has 21 heavy (non-hydrogen) atoms. The Morgan fingerprint density at radius 1 is 1.43 bits per heavy atom. The van der Waals surface area contributed by atoms with Crippen LogP contribution < -0.4 is 0 Å². The van der Waals surface area contributed by atoms with E-state index in [1.54, 1.807) is 0 Å². The third kappa shape index (κ3) is 5.68. The van der Waals surface area contributed by atoms with E-state index in [0.717, 1.165) is 43.0 Å². The number of benzene rings is 1. The van der Waals surface area contributed by atoms with Crippen LogP contribution in [0.2, 0.25) is 5.02 Å². The minimum absolute atomic E-state index is 0.186. The molecule has 0 radical (unpaired) electrons. The lowest BCUT2D eigenvalue weighted by molar-refractivity contribution is -0.130. The van der Waals surface area contributed by atoms with Gasteiger partial charge in [-0.3, -0.25) is 4.79 Å². The highest BCUT2D eigenvalue weighted by Crippen LogP contribution is 2.16. The molecule has 1 aliphatic rings. The average molecular weight is 310 g/mol. The monoisotopic (exact) mass is 309 g/mol. The van der Waals surface area contributed by atoms with E-state index in [1.807, 2.05) is 36.2 Å². The fourth-order valence-electron chi connectivity index (χ4n) is 2.63. The molecule has 1 atom stereocenters. The number of aryl methyl sites for hydroxylation is 1. The quantitative estimate of drug-likeness (QED) is 0.802. The number of hydrogen-bond acceptors (Lipinski definition) is 2. The largest absolute Gasteiger partial charge is 0.378 e. The van der Waals surface area contributed by atoms with Crippen LogP contribution in [0.4, 0.5) is 0 Å². The van der Waals surface area contributed by atoms with E-state index in [-0.39, 0.29) is 5.91 Å². The van der Waals surface area contributed by atoms with Crippen molar-refractivity contribution in [3.8, 4) is 0 Å². The van der Waals surface area contributed by atoms with Crippen molar-refractivity contribution in [1.29, 1.82) is 0 Å². The van der Waals surface area contributed by atoms with Crippen molar-refractivity contribution in [3.63, 3.8) is 0 Å². The molecule has 1 saturated heterocycles. The van der Waals surface area contributed by atoms with Crippen LogP contribution >= 0.6 is 11.6 Å². The molecule has 1 fully saturated rings. The molecule has 1 aromatic carbocycles. The second-order valence-corrected chi connectivity index (χ2v) is 6.16. The smallest absolute Gasteiger partial charge is 0.222 e. The Balaban J connectivity index is 1.69. The average Bonchev–Trinajstić information content (AvgIpc) is 2.51. The molecule has 4 heteroatoms. The van der Waals surface area contributed by atoms with Crippen LogP contribution in [0.5, 0.6) is 0 Å². The van der Waals surface area contributed by atoms with Crippen molar-refractivity contribution in [1.82, 2.24) is 4.90 Å². The molecular weight excluding hydrogens is 286 g/mol. The van der Waals surface area contributed by atoms with Gasteiger partial charge in [0, 0.05) is 31.6 Å². The zero-order valence-corrected chi connectivity index (χ0v) is 13.4. The summed E-state index contributed by atoms with van der Waals surface area (Å²) in [5.74, 6) is 0.186. The third-order valence-corrected chi connectivity index (χ3v) is 4.24. The molecule has 3 nitrogen and oxygen atoms in total. The summed E-state index contributed by atoms with van der Waals surface area (Å²) in [5, 5.41) is 0.725. The van der Waals surface area contributed by atoms with E-state index in [0.29, 0.717) is 12.5 Å². The Hall–Kier alpha value is -1.06. The lowest BCUT2D eigenvalue weighted by Gasteiger charge is -2.25. The van der Waals surface area contributed by atoms with E-state index in [4.69, 9.17) is 16.3 Å². The summed E-state index contributed by atoms with van der Waals surface area (Å²) in [4.78, 5) is 13.9. The molecule has 0 N–H and O–H groups in total. The van der Waals surface area contributed by atoms with Crippen LogP contribution in [0.15, 0.2) is 24.3 Å². The van der Waals surface area contributed by atoms with Crippen molar-refractivity contribution < 1.29 is 9.53 Å². The molecule has 116 valence electrons. The third-order valence-electron chi connectivity index (χ3n) is 4.00.